The van der Waals surface area contributed by atoms with E-state index in [1.54, 1.807) is 24.3 Å². The number of hydrogen-bond acceptors (Lipinski definition) is 3. The molecular formula is C15H14ClNO3. The Morgan fingerprint density at radius 2 is 1.80 bits per heavy atom. The van der Waals surface area contributed by atoms with Crippen LogP contribution >= 0.6 is 11.6 Å². The van der Waals surface area contributed by atoms with Crippen molar-refractivity contribution < 1.29 is 14.7 Å². The monoisotopic (exact) mass is 291 g/mol. The van der Waals surface area contributed by atoms with Crippen molar-refractivity contribution in [3.8, 4) is 0 Å². The van der Waals surface area contributed by atoms with Crippen LogP contribution < -0.4 is 5.48 Å². The molecule has 2 N–H and O–H groups in total. The zero-order chi connectivity index (χ0) is 14.4. The van der Waals surface area contributed by atoms with Crippen molar-refractivity contribution in [1.29, 1.82) is 0 Å². The number of amides is 1. The van der Waals surface area contributed by atoms with Gasteiger partial charge in [0.1, 0.15) is 0 Å². The van der Waals surface area contributed by atoms with E-state index in [9.17, 15) is 9.90 Å². The van der Waals surface area contributed by atoms with Crippen molar-refractivity contribution >= 4 is 17.5 Å². The molecule has 0 aromatic heterocycles. The van der Waals surface area contributed by atoms with Crippen molar-refractivity contribution in [2.45, 2.75) is 12.7 Å². The van der Waals surface area contributed by atoms with Crippen molar-refractivity contribution in [3.63, 3.8) is 0 Å². The van der Waals surface area contributed by atoms with Crippen molar-refractivity contribution in [2.24, 2.45) is 0 Å². The van der Waals surface area contributed by atoms with Crippen LogP contribution in [0.4, 0.5) is 0 Å². The molecule has 2 rings (SSSR count). The van der Waals surface area contributed by atoms with Crippen LogP contribution in [0.3, 0.4) is 0 Å². The molecule has 4 nitrogen and oxygen atoms in total. The Morgan fingerprint density at radius 1 is 1.15 bits per heavy atom. The highest BCUT2D eigenvalue weighted by Gasteiger charge is 2.17. The maximum Gasteiger partial charge on any atom is 0.276 e. The molecule has 0 fully saturated rings. The first-order valence-corrected chi connectivity index (χ1v) is 6.44. The van der Waals surface area contributed by atoms with Gasteiger partial charge in [0.25, 0.3) is 5.91 Å². The minimum absolute atomic E-state index is 0.236. The quantitative estimate of drug-likeness (QED) is 0.833. The van der Waals surface area contributed by atoms with Crippen LogP contribution in [0, 0.1) is 0 Å². The summed E-state index contributed by atoms with van der Waals surface area (Å²) in [6, 6.07) is 15.8. The van der Waals surface area contributed by atoms with Gasteiger partial charge < -0.3 is 5.11 Å². The summed E-state index contributed by atoms with van der Waals surface area (Å²) in [7, 11) is 0. The van der Waals surface area contributed by atoms with Crippen LogP contribution in [0.5, 0.6) is 0 Å². The largest absolute Gasteiger partial charge is 0.378 e. The molecule has 2 aromatic rings. The van der Waals surface area contributed by atoms with E-state index in [1.807, 2.05) is 30.3 Å². The molecule has 0 aliphatic carbocycles. The molecule has 0 saturated heterocycles. The lowest BCUT2D eigenvalue weighted by Crippen LogP contribution is -2.29. The zero-order valence-corrected chi connectivity index (χ0v) is 11.4. The summed E-state index contributed by atoms with van der Waals surface area (Å²) in [6.45, 7) is 0.236. The molecule has 5 heteroatoms. The normalized spacial score (nSPS) is 11.9. The fourth-order valence-electron chi connectivity index (χ4n) is 1.62. The predicted octanol–water partition coefficient (Wildman–Crippen LogP) is 2.62. The van der Waals surface area contributed by atoms with Crippen molar-refractivity contribution in [1.82, 2.24) is 5.48 Å². The Bertz CT molecular complexity index is 557. The second-order valence-electron chi connectivity index (χ2n) is 4.19. The van der Waals surface area contributed by atoms with Gasteiger partial charge in [-0.3, -0.25) is 9.63 Å². The van der Waals surface area contributed by atoms with Gasteiger partial charge in [-0.2, -0.15) is 0 Å². The summed E-state index contributed by atoms with van der Waals surface area (Å²) in [5.74, 6) is -0.622. The highest BCUT2D eigenvalue weighted by molar-refractivity contribution is 6.30. The van der Waals surface area contributed by atoms with Gasteiger partial charge in [0.05, 0.1) is 6.61 Å². The molecule has 1 atom stereocenters. The van der Waals surface area contributed by atoms with E-state index in [1.165, 1.54) is 0 Å². The van der Waals surface area contributed by atoms with Gasteiger partial charge in [-0.25, -0.2) is 5.48 Å². The van der Waals surface area contributed by atoms with Crippen LogP contribution in [0.25, 0.3) is 0 Å². The Morgan fingerprint density at radius 3 is 2.45 bits per heavy atom. The van der Waals surface area contributed by atoms with Gasteiger partial charge in [-0.1, -0.05) is 54.1 Å². The number of aliphatic hydroxyl groups excluding tert-OH is 1. The van der Waals surface area contributed by atoms with Gasteiger partial charge in [-0.05, 0) is 23.3 Å². The number of nitrogens with one attached hydrogen (secondary N) is 1. The molecule has 0 aliphatic rings. The summed E-state index contributed by atoms with van der Waals surface area (Å²) in [4.78, 5) is 16.8. The SMILES string of the molecule is O=C(NOCc1ccccc1)C(O)c1ccc(Cl)cc1. The van der Waals surface area contributed by atoms with Gasteiger partial charge in [0.2, 0.25) is 0 Å². The van der Waals surface area contributed by atoms with E-state index < -0.39 is 12.0 Å². The second kappa shape index (κ2) is 7.05. The fourth-order valence-corrected chi connectivity index (χ4v) is 1.74. The fraction of sp³-hybridized carbons (Fsp3) is 0.133. The van der Waals surface area contributed by atoms with Crippen LogP contribution in [-0.2, 0) is 16.2 Å². The van der Waals surface area contributed by atoms with E-state index in [0.29, 0.717) is 10.6 Å². The lowest BCUT2D eigenvalue weighted by atomic mass is 10.1. The summed E-state index contributed by atoms with van der Waals surface area (Å²) in [5, 5.41) is 10.4. The zero-order valence-electron chi connectivity index (χ0n) is 10.6. The van der Waals surface area contributed by atoms with Crippen LogP contribution in [0.1, 0.15) is 17.2 Å². The summed E-state index contributed by atoms with van der Waals surface area (Å²) < 4.78 is 0. The number of hydroxylamine groups is 1. The summed E-state index contributed by atoms with van der Waals surface area (Å²) in [6.07, 6.45) is -1.29. The smallest absolute Gasteiger partial charge is 0.276 e. The molecule has 0 saturated carbocycles. The van der Waals surface area contributed by atoms with Gasteiger partial charge >= 0.3 is 0 Å². The number of carbonyl (C=O) groups is 1. The average molecular weight is 292 g/mol. The maximum absolute atomic E-state index is 11.7. The minimum atomic E-state index is -1.29. The predicted molar refractivity (Wildman–Crippen MR) is 75.8 cm³/mol. The van der Waals surface area contributed by atoms with Gasteiger partial charge in [0.15, 0.2) is 6.10 Å². The first kappa shape index (κ1) is 14.5. The first-order valence-electron chi connectivity index (χ1n) is 6.06. The molecular weight excluding hydrogens is 278 g/mol. The average Bonchev–Trinajstić information content (AvgIpc) is 2.48. The van der Waals surface area contributed by atoms with E-state index in [2.05, 4.69) is 5.48 Å². The van der Waals surface area contributed by atoms with Crippen LogP contribution in [-0.4, -0.2) is 11.0 Å². The van der Waals surface area contributed by atoms with Crippen molar-refractivity contribution in [2.75, 3.05) is 0 Å². The number of carbonyl (C=O) groups excluding carboxylic acids is 1. The van der Waals surface area contributed by atoms with E-state index >= 15 is 0 Å². The van der Waals surface area contributed by atoms with Crippen LogP contribution in [0.2, 0.25) is 5.02 Å². The molecule has 0 bridgehead atoms. The third-order valence-electron chi connectivity index (χ3n) is 2.69. The number of hydrogen-bond donors (Lipinski definition) is 2. The Balaban J connectivity index is 1.84. The molecule has 104 valence electrons. The molecule has 0 heterocycles. The third-order valence-corrected chi connectivity index (χ3v) is 2.94. The molecule has 1 amide bonds. The Hall–Kier alpha value is -1.88. The lowest BCUT2D eigenvalue weighted by Gasteiger charge is -2.11. The van der Waals surface area contributed by atoms with E-state index in [4.69, 9.17) is 16.4 Å². The Kier molecular flexibility index (Phi) is 5.12. The minimum Gasteiger partial charge on any atom is -0.378 e. The van der Waals surface area contributed by atoms with E-state index in [0.717, 1.165) is 5.56 Å². The first-order chi connectivity index (χ1) is 9.66. The molecule has 0 radical (unpaired) electrons. The molecule has 20 heavy (non-hydrogen) atoms. The molecule has 0 aliphatic heterocycles. The van der Waals surface area contributed by atoms with Crippen molar-refractivity contribution in [3.05, 3.63) is 70.7 Å². The number of rotatable bonds is 5. The topological polar surface area (TPSA) is 58.6 Å². The second-order valence-corrected chi connectivity index (χ2v) is 4.63. The lowest BCUT2D eigenvalue weighted by molar-refractivity contribution is -0.143. The number of halogens is 1. The van der Waals surface area contributed by atoms with Gasteiger partial charge in [0, 0.05) is 5.02 Å². The maximum atomic E-state index is 11.7. The number of aliphatic hydroxyl groups is 1. The number of benzene rings is 2. The Labute approximate surface area is 121 Å². The van der Waals surface area contributed by atoms with E-state index in [-0.39, 0.29) is 6.61 Å². The third kappa shape index (κ3) is 4.06. The highest BCUT2D eigenvalue weighted by Crippen LogP contribution is 2.16. The molecule has 2 aromatic carbocycles. The molecule has 0 spiro atoms. The summed E-state index contributed by atoms with van der Waals surface area (Å²) >= 11 is 5.74. The standard InChI is InChI=1S/C15H14ClNO3/c16-13-8-6-12(7-9-13)14(18)15(19)17-20-10-11-4-2-1-3-5-11/h1-9,14,18H,10H2,(H,17,19). The summed E-state index contributed by atoms with van der Waals surface area (Å²) in [5.41, 5.74) is 3.60. The molecule has 1 unspecified atom stereocenters. The van der Waals surface area contributed by atoms with Crippen LogP contribution in [0.15, 0.2) is 54.6 Å². The van der Waals surface area contributed by atoms with Gasteiger partial charge in [-0.15, -0.1) is 0 Å². The highest BCUT2D eigenvalue weighted by atomic mass is 35.5.